The fourth-order valence-electron chi connectivity index (χ4n) is 2.99. The van der Waals surface area contributed by atoms with Gasteiger partial charge in [-0.3, -0.25) is 5.10 Å². The average Bonchev–Trinajstić information content (AvgIpc) is 3.31. The van der Waals surface area contributed by atoms with Gasteiger partial charge < -0.3 is 4.57 Å². The van der Waals surface area contributed by atoms with Gasteiger partial charge in [-0.15, -0.1) is 0 Å². The predicted molar refractivity (Wildman–Crippen MR) is 97.6 cm³/mol. The summed E-state index contributed by atoms with van der Waals surface area (Å²) < 4.78 is 2.13. The smallest absolute Gasteiger partial charge is 0.181 e. The van der Waals surface area contributed by atoms with Crippen molar-refractivity contribution in [2.75, 3.05) is 0 Å². The molecule has 25 heavy (non-hydrogen) atoms. The number of imidazole rings is 1. The molecule has 5 nitrogen and oxygen atoms in total. The van der Waals surface area contributed by atoms with Crippen molar-refractivity contribution in [3.63, 3.8) is 0 Å². The van der Waals surface area contributed by atoms with Crippen molar-refractivity contribution in [2.45, 2.75) is 19.8 Å². The Hall–Kier alpha value is -3.21. The molecule has 0 saturated heterocycles. The third-order valence-corrected chi connectivity index (χ3v) is 4.36. The number of hydrogen-bond donors (Lipinski definition) is 1. The van der Waals surface area contributed by atoms with Crippen LogP contribution in [-0.4, -0.2) is 24.7 Å². The quantitative estimate of drug-likeness (QED) is 0.613. The third-order valence-electron chi connectivity index (χ3n) is 4.36. The highest BCUT2D eigenvalue weighted by atomic mass is 15.2. The minimum Gasteiger partial charge on any atom is -0.303 e. The summed E-state index contributed by atoms with van der Waals surface area (Å²) in [7, 11) is 0. The zero-order valence-corrected chi connectivity index (χ0v) is 14.2. The monoisotopic (exact) mass is 329 g/mol. The van der Waals surface area contributed by atoms with Crippen LogP contribution in [0.15, 0.2) is 67.0 Å². The lowest BCUT2D eigenvalue weighted by atomic mass is 10.0. The van der Waals surface area contributed by atoms with E-state index in [1.54, 1.807) is 0 Å². The number of aromatic nitrogens is 5. The van der Waals surface area contributed by atoms with Crippen molar-refractivity contribution in [3.05, 3.63) is 84.2 Å². The molecule has 0 spiro atoms. The van der Waals surface area contributed by atoms with E-state index in [1.165, 1.54) is 5.56 Å². The number of aromatic amines is 1. The Bertz CT molecular complexity index is 967. The van der Waals surface area contributed by atoms with Gasteiger partial charge in [0.15, 0.2) is 5.82 Å². The number of nitrogens with one attached hydrogen (secondary N) is 1. The van der Waals surface area contributed by atoms with E-state index < -0.39 is 0 Å². The molecule has 0 amide bonds. The summed E-state index contributed by atoms with van der Waals surface area (Å²) in [6.45, 7) is 4.08. The summed E-state index contributed by atoms with van der Waals surface area (Å²) in [6.07, 6.45) is 3.85. The van der Waals surface area contributed by atoms with Crippen molar-refractivity contribution in [2.24, 2.45) is 0 Å². The highest BCUT2D eigenvalue weighted by Gasteiger charge is 2.15. The first kappa shape index (κ1) is 15.3. The second kappa shape index (κ2) is 6.36. The van der Waals surface area contributed by atoms with Gasteiger partial charge in [0.25, 0.3) is 0 Å². The van der Waals surface area contributed by atoms with E-state index in [-0.39, 0.29) is 5.92 Å². The molecule has 1 N–H and O–H groups in total. The second-order valence-corrected chi connectivity index (χ2v) is 6.08. The van der Waals surface area contributed by atoms with E-state index in [9.17, 15) is 0 Å². The molecule has 2 aromatic carbocycles. The van der Waals surface area contributed by atoms with E-state index in [0.717, 1.165) is 22.9 Å². The van der Waals surface area contributed by atoms with Gasteiger partial charge >= 0.3 is 0 Å². The molecule has 2 heterocycles. The summed E-state index contributed by atoms with van der Waals surface area (Å²) in [5, 5.41) is 7.08. The summed E-state index contributed by atoms with van der Waals surface area (Å²) in [4.78, 5) is 8.96. The maximum absolute atomic E-state index is 4.59. The highest BCUT2D eigenvalue weighted by molar-refractivity contribution is 5.57. The van der Waals surface area contributed by atoms with Gasteiger partial charge in [0.2, 0.25) is 0 Å². The van der Waals surface area contributed by atoms with Crippen molar-refractivity contribution < 1.29 is 0 Å². The van der Waals surface area contributed by atoms with E-state index in [4.69, 9.17) is 0 Å². The van der Waals surface area contributed by atoms with Crippen LogP contribution < -0.4 is 0 Å². The zero-order chi connectivity index (χ0) is 17.2. The molecule has 0 unspecified atom stereocenters. The van der Waals surface area contributed by atoms with E-state index in [0.29, 0.717) is 5.82 Å². The molecular weight excluding hydrogens is 310 g/mol. The molecule has 124 valence electrons. The van der Waals surface area contributed by atoms with Crippen LogP contribution in [-0.2, 0) is 0 Å². The maximum Gasteiger partial charge on any atom is 0.181 e. The van der Waals surface area contributed by atoms with Gasteiger partial charge in [0.1, 0.15) is 11.6 Å². The highest BCUT2D eigenvalue weighted by Crippen LogP contribution is 2.25. The lowest BCUT2D eigenvalue weighted by Gasteiger charge is -2.14. The molecule has 2 aromatic heterocycles. The standard InChI is InChI=1S/C20H19N5/c1-14(16-6-4-3-5-7-16)20-21-12-13-25(20)18-10-8-17(9-11-18)19-22-15(2)23-24-19/h3-14H,1-2H3,(H,22,23,24)/t14-/m0/s1. The van der Waals surface area contributed by atoms with Gasteiger partial charge in [0.05, 0.1) is 0 Å². The first-order valence-corrected chi connectivity index (χ1v) is 8.30. The minimum atomic E-state index is 0.214. The molecule has 4 rings (SSSR count). The van der Waals surface area contributed by atoms with Crippen LogP contribution in [0.3, 0.4) is 0 Å². The molecule has 0 aliphatic heterocycles. The van der Waals surface area contributed by atoms with Crippen LogP contribution in [0.1, 0.15) is 30.1 Å². The Morgan fingerprint density at radius 1 is 1.00 bits per heavy atom. The number of rotatable bonds is 4. The summed E-state index contributed by atoms with van der Waals surface area (Å²) in [5.41, 5.74) is 3.32. The Labute approximate surface area is 146 Å². The number of nitrogens with zero attached hydrogens (tertiary/aromatic N) is 4. The van der Waals surface area contributed by atoms with Gasteiger partial charge in [-0.05, 0) is 36.8 Å². The first-order valence-electron chi connectivity index (χ1n) is 8.30. The normalized spacial score (nSPS) is 12.2. The fraction of sp³-hybridized carbons (Fsp3) is 0.150. The Morgan fingerprint density at radius 3 is 2.44 bits per heavy atom. The molecule has 5 heteroatoms. The molecule has 4 aromatic rings. The second-order valence-electron chi connectivity index (χ2n) is 6.08. The topological polar surface area (TPSA) is 59.4 Å². The molecule has 0 aliphatic rings. The number of benzene rings is 2. The van der Waals surface area contributed by atoms with Gasteiger partial charge in [0, 0.05) is 29.6 Å². The summed E-state index contributed by atoms with van der Waals surface area (Å²) in [6, 6.07) is 18.7. The molecule has 0 radical (unpaired) electrons. The van der Waals surface area contributed by atoms with E-state index in [2.05, 4.69) is 68.1 Å². The largest absolute Gasteiger partial charge is 0.303 e. The summed E-state index contributed by atoms with van der Waals surface area (Å²) >= 11 is 0. The van der Waals surface area contributed by atoms with Crippen LogP contribution >= 0.6 is 0 Å². The van der Waals surface area contributed by atoms with E-state index in [1.807, 2.05) is 37.5 Å². The summed E-state index contributed by atoms with van der Waals surface area (Å²) in [5.74, 6) is 2.76. The van der Waals surface area contributed by atoms with Crippen LogP contribution in [0.4, 0.5) is 0 Å². The minimum absolute atomic E-state index is 0.214. The molecular formula is C20H19N5. The Morgan fingerprint density at radius 2 is 1.76 bits per heavy atom. The SMILES string of the molecule is Cc1nc(-c2ccc(-n3ccnc3[C@@H](C)c3ccccc3)cc2)n[nH]1. The molecule has 0 fully saturated rings. The first-order chi connectivity index (χ1) is 12.2. The average molecular weight is 329 g/mol. The Balaban J connectivity index is 1.66. The lowest BCUT2D eigenvalue weighted by molar-refractivity contribution is 0.789. The maximum atomic E-state index is 4.59. The van der Waals surface area contributed by atoms with Crippen LogP contribution in [0.25, 0.3) is 17.1 Å². The van der Waals surface area contributed by atoms with Crippen molar-refractivity contribution in [3.8, 4) is 17.1 Å². The van der Waals surface area contributed by atoms with Gasteiger partial charge in [-0.1, -0.05) is 37.3 Å². The number of aryl methyl sites for hydroxylation is 1. The third kappa shape index (κ3) is 2.96. The van der Waals surface area contributed by atoms with Gasteiger partial charge in [-0.25, -0.2) is 9.97 Å². The van der Waals surface area contributed by atoms with Crippen LogP contribution in [0, 0.1) is 6.92 Å². The molecule has 1 atom stereocenters. The lowest BCUT2D eigenvalue weighted by Crippen LogP contribution is -2.06. The fourth-order valence-corrected chi connectivity index (χ4v) is 2.99. The Kier molecular flexibility index (Phi) is 3.90. The number of H-pyrrole nitrogens is 1. The molecule has 0 saturated carbocycles. The molecule has 0 aliphatic carbocycles. The van der Waals surface area contributed by atoms with Crippen molar-refractivity contribution >= 4 is 0 Å². The zero-order valence-electron chi connectivity index (χ0n) is 14.2. The molecule has 0 bridgehead atoms. The predicted octanol–water partition coefficient (Wildman–Crippen LogP) is 4.12. The van der Waals surface area contributed by atoms with Crippen molar-refractivity contribution in [1.82, 2.24) is 24.7 Å². The van der Waals surface area contributed by atoms with Crippen LogP contribution in [0.5, 0.6) is 0 Å². The van der Waals surface area contributed by atoms with Crippen LogP contribution in [0.2, 0.25) is 0 Å². The van der Waals surface area contributed by atoms with Crippen molar-refractivity contribution in [1.29, 1.82) is 0 Å². The van der Waals surface area contributed by atoms with E-state index >= 15 is 0 Å². The van der Waals surface area contributed by atoms with Gasteiger partial charge in [-0.2, -0.15) is 5.10 Å². The number of hydrogen-bond acceptors (Lipinski definition) is 3.